The van der Waals surface area contributed by atoms with Crippen molar-refractivity contribution in [2.24, 2.45) is 11.8 Å². The Labute approximate surface area is 164 Å². The smallest absolute Gasteiger partial charge is 0.169 e. The van der Waals surface area contributed by atoms with Crippen molar-refractivity contribution in [1.82, 2.24) is 0 Å². The number of hydrogen-bond donors (Lipinski definition) is 0. The first kappa shape index (κ1) is 22.1. The number of nitrogens with zero attached hydrogens (tertiary/aromatic N) is 1. The van der Waals surface area contributed by atoms with Gasteiger partial charge < -0.3 is 18.9 Å². The van der Waals surface area contributed by atoms with Gasteiger partial charge in [0.15, 0.2) is 17.7 Å². The molecule has 0 aromatic carbocycles. The van der Waals surface area contributed by atoms with Crippen LogP contribution in [0.5, 0.6) is 0 Å². The van der Waals surface area contributed by atoms with Crippen LogP contribution in [0, 0.1) is 23.2 Å². The Balaban J connectivity index is 2.29. The molecule has 0 N–H and O–H groups in total. The summed E-state index contributed by atoms with van der Waals surface area (Å²) in [6, 6.07) is 2.49. The zero-order valence-corrected chi connectivity index (χ0v) is 17.5. The Morgan fingerprint density at radius 2 is 2.07 bits per heavy atom. The highest BCUT2D eigenvalue weighted by Crippen LogP contribution is 2.47. The number of hydrogen-bond acceptors (Lipinski definition) is 5. The van der Waals surface area contributed by atoms with Crippen molar-refractivity contribution in [2.45, 2.75) is 78.0 Å². The summed E-state index contributed by atoms with van der Waals surface area (Å²) in [4.78, 5) is 0. The second-order valence-electron chi connectivity index (χ2n) is 7.99. The summed E-state index contributed by atoms with van der Waals surface area (Å²) in [5, 5.41) is 10.2. The molecule has 5 heteroatoms. The van der Waals surface area contributed by atoms with Crippen molar-refractivity contribution in [3.8, 4) is 6.07 Å². The Bertz CT molecular complexity index is 584. The molecule has 0 aromatic heterocycles. The van der Waals surface area contributed by atoms with Gasteiger partial charge in [-0.25, -0.2) is 0 Å². The van der Waals surface area contributed by atoms with Crippen molar-refractivity contribution in [2.75, 3.05) is 19.8 Å². The zero-order chi connectivity index (χ0) is 20.1. The third-order valence-electron chi connectivity index (χ3n) is 5.82. The minimum atomic E-state index is -0.989. The lowest BCUT2D eigenvalue weighted by Gasteiger charge is -2.45. The Hall–Kier alpha value is -1.19. The zero-order valence-electron chi connectivity index (χ0n) is 17.5. The van der Waals surface area contributed by atoms with Crippen LogP contribution in [0.25, 0.3) is 0 Å². The van der Waals surface area contributed by atoms with E-state index in [0.717, 1.165) is 30.4 Å². The van der Waals surface area contributed by atoms with Crippen LogP contribution in [0.1, 0.15) is 60.3 Å². The summed E-state index contributed by atoms with van der Waals surface area (Å²) in [6.45, 7) is 16.0. The van der Waals surface area contributed by atoms with Gasteiger partial charge in [-0.3, -0.25) is 0 Å². The predicted molar refractivity (Wildman–Crippen MR) is 105 cm³/mol. The van der Waals surface area contributed by atoms with Gasteiger partial charge in [-0.15, -0.1) is 0 Å². The summed E-state index contributed by atoms with van der Waals surface area (Å²) in [5.74, 6) is -0.502. The van der Waals surface area contributed by atoms with Crippen molar-refractivity contribution in [3.63, 3.8) is 0 Å². The summed E-state index contributed by atoms with van der Waals surface area (Å²) < 4.78 is 23.7. The van der Waals surface area contributed by atoms with Gasteiger partial charge in [0.1, 0.15) is 0 Å². The fourth-order valence-corrected chi connectivity index (χ4v) is 4.17. The van der Waals surface area contributed by atoms with E-state index in [1.165, 1.54) is 0 Å². The van der Waals surface area contributed by atoms with Gasteiger partial charge >= 0.3 is 0 Å². The highest BCUT2D eigenvalue weighted by molar-refractivity contribution is 5.18. The first-order chi connectivity index (χ1) is 12.8. The minimum Gasteiger partial charge on any atom is -0.353 e. The second-order valence-corrected chi connectivity index (χ2v) is 7.99. The minimum absolute atomic E-state index is 0.0709. The maximum absolute atomic E-state index is 10.2. The second kappa shape index (κ2) is 9.34. The van der Waals surface area contributed by atoms with E-state index in [-0.39, 0.29) is 11.8 Å². The molecule has 2 aliphatic rings. The highest BCUT2D eigenvalue weighted by atomic mass is 16.7. The number of rotatable bonds is 8. The summed E-state index contributed by atoms with van der Waals surface area (Å²) in [7, 11) is 0. The van der Waals surface area contributed by atoms with Crippen molar-refractivity contribution >= 4 is 0 Å². The number of allylic oxidation sites excluding steroid dienone is 2. The molecule has 1 aliphatic heterocycles. The van der Waals surface area contributed by atoms with Crippen LogP contribution >= 0.6 is 0 Å². The van der Waals surface area contributed by atoms with Gasteiger partial charge in [-0.1, -0.05) is 30.7 Å². The molecule has 1 heterocycles. The maximum Gasteiger partial charge on any atom is 0.169 e. The van der Waals surface area contributed by atoms with Gasteiger partial charge in [0.05, 0.1) is 19.3 Å². The van der Waals surface area contributed by atoms with Crippen LogP contribution in [-0.2, 0) is 18.9 Å². The van der Waals surface area contributed by atoms with E-state index in [1.807, 2.05) is 27.7 Å². The SMILES string of the molecule is C=C1CCC2(C[C@@H]1[C@H](C)C(C#N)(CC=C(C)C)OC(C)OCC)OCCO2. The topological polar surface area (TPSA) is 60.7 Å². The molecule has 2 unspecified atom stereocenters. The van der Waals surface area contributed by atoms with E-state index in [2.05, 4.69) is 25.6 Å². The molecule has 2 fully saturated rings. The standard InChI is InChI=1S/C22H35NO4/c1-7-24-19(6)27-21(15-23,10-8-16(2)3)18(5)20-14-22(11-9-17(20)4)25-12-13-26-22/h8,18-20H,4,7,9-14H2,1-3,5-6H3/t18-,19?,20-,21?/m0/s1. The summed E-state index contributed by atoms with van der Waals surface area (Å²) in [5.41, 5.74) is 1.32. The molecule has 2 rings (SSSR count). The molecule has 152 valence electrons. The largest absolute Gasteiger partial charge is 0.353 e. The molecule has 0 bridgehead atoms. The Kier molecular flexibility index (Phi) is 7.64. The number of ether oxygens (including phenoxy) is 4. The van der Waals surface area contributed by atoms with E-state index in [4.69, 9.17) is 18.9 Å². The van der Waals surface area contributed by atoms with Crippen LogP contribution < -0.4 is 0 Å². The van der Waals surface area contributed by atoms with Gasteiger partial charge in [-0.2, -0.15) is 5.26 Å². The molecule has 1 spiro atoms. The molecule has 1 saturated heterocycles. The molecular formula is C22H35NO4. The van der Waals surface area contributed by atoms with Crippen LogP contribution in [0.4, 0.5) is 0 Å². The lowest BCUT2D eigenvalue weighted by molar-refractivity contribution is -0.213. The van der Waals surface area contributed by atoms with E-state index in [0.29, 0.717) is 26.2 Å². The summed E-state index contributed by atoms with van der Waals surface area (Å²) in [6.07, 6.45) is 4.54. The first-order valence-electron chi connectivity index (χ1n) is 10.1. The van der Waals surface area contributed by atoms with E-state index in [1.54, 1.807) is 0 Å². The van der Waals surface area contributed by atoms with Gasteiger partial charge in [0.25, 0.3) is 0 Å². The van der Waals surface area contributed by atoms with Gasteiger partial charge in [0, 0.05) is 31.8 Å². The van der Waals surface area contributed by atoms with E-state index >= 15 is 0 Å². The molecule has 0 amide bonds. The monoisotopic (exact) mass is 377 g/mol. The normalized spacial score (nSPS) is 26.2. The molecule has 4 atom stereocenters. The Morgan fingerprint density at radius 1 is 1.41 bits per heavy atom. The molecule has 27 heavy (non-hydrogen) atoms. The average Bonchev–Trinajstić information content (AvgIpc) is 3.08. The molecule has 1 aliphatic carbocycles. The molecule has 0 aromatic rings. The van der Waals surface area contributed by atoms with Gasteiger partial charge in [-0.05, 0) is 40.0 Å². The van der Waals surface area contributed by atoms with Gasteiger partial charge in [0.2, 0.25) is 0 Å². The molecule has 0 radical (unpaired) electrons. The predicted octanol–water partition coefficient (Wildman–Crippen LogP) is 4.74. The summed E-state index contributed by atoms with van der Waals surface area (Å²) >= 11 is 0. The lowest BCUT2D eigenvalue weighted by Crippen LogP contribution is -2.48. The van der Waals surface area contributed by atoms with Crippen LogP contribution in [-0.4, -0.2) is 37.5 Å². The van der Waals surface area contributed by atoms with Crippen LogP contribution in [0.2, 0.25) is 0 Å². The van der Waals surface area contributed by atoms with Crippen molar-refractivity contribution < 1.29 is 18.9 Å². The molecule has 1 saturated carbocycles. The third kappa shape index (κ3) is 5.20. The fraction of sp³-hybridized carbons (Fsp3) is 0.773. The molecular weight excluding hydrogens is 342 g/mol. The quantitative estimate of drug-likeness (QED) is 0.452. The first-order valence-corrected chi connectivity index (χ1v) is 10.1. The van der Waals surface area contributed by atoms with Crippen LogP contribution in [0.15, 0.2) is 23.8 Å². The molecule has 5 nitrogen and oxygen atoms in total. The van der Waals surface area contributed by atoms with E-state index in [9.17, 15) is 5.26 Å². The third-order valence-corrected chi connectivity index (χ3v) is 5.82. The number of nitriles is 1. The van der Waals surface area contributed by atoms with Crippen molar-refractivity contribution in [3.05, 3.63) is 23.8 Å². The van der Waals surface area contributed by atoms with Crippen LogP contribution in [0.3, 0.4) is 0 Å². The maximum atomic E-state index is 10.2. The average molecular weight is 378 g/mol. The highest BCUT2D eigenvalue weighted by Gasteiger charge is 2.50. The lowest BCUT2D eigenvalue weighted by atomic mass is 9.68. The Morgan fingerprint density at radius 3 is 2.63 bits per heavy atom. The van der Waals surface area contributed by atoms with Crippen molar-refractivity contribution in [1.29, 1.82) is 5.26 Å². The fourth-order valence-electron chi connectivity index (χ4n) is 4.17. The van der Waals surface area contributed by atoms with E-state index < -0.39 is 17.7 Å².